The predicted molar refractivity (Wildman–Crippen MR) is 90.0 cm³/mol. The molecule has 0 bridgehead atoms. The maximum absolute atomic E-state index is 12.7. The van der Waals surface area contributed by atoms with E-state index in [1.165, 1.54) is 0 Å². The quantitative estimate of drug-likeness (QED) is 0.947. The van der Waals surface area contributed by atoms with Gasteiger partial charge in [0, 0.05) is 24.0 Å². The van der Waals surface area contributed by atoms with E-state index < -0.39 is 0 Å². The molecule has 2 aromatic heterocycles. The molecule has 3 heterocycles. The van der Waals surface area contributed by atoms with Crippen molar-refractivity contribution in [3.63, 3.8) is 0 Å². The Morgan fingerprint density at radius 1 is 1.45 bits per heavy atom. The SMILES string of the molecule is Cc1nc(-c2ccsc2)ccc1C(=O)N1CCC(C)(CN)C1. The molecule has 5 heteroatoms. The molecule has 3 rings (SSSR count). The molecule has 1 unspecified atom stereocenters. The Morgan fingerprint density at radius 3 is 2.86 bits per heavy atom. The average Bonchev–Trinajstić information content (AvgIpc) is 3.17. The summed E-state index contributed by atoms with van der Waals surface area (Å²) in [4.78, 5) is 19.2. The van der Waals surface area contributed by atoms with E-state index in [-0.39, 0.29) is 11.3 Å². The smallest absolute Gasteiger partial charge is 0.255 e. The maximum atomic E-state index is 12.7. The van der Waals surface area contributed by atoms with E-state index in [0.717, 1.165) is 36.5 Å². The van der Waals surface area contributed by atoms with Gasteiger partial charge >= 0.3 is 0 Å². The number of pyridine rings is 1. The normalized spacial score (nSPS) is 21.3. The molecule has 1 aliphatic rings. The third-order valence-corrected chi connectivity index (χ3v) is 5.15. The topological polar surface area (TPSA) is 59.2 Å². The number of hydrogen-bond acceptors (Lipinski definition) is 4. The van der Waals surface area contributed by atoms with Crippen LogP contribution >= 0.6 is 11.3 Å². The van der Waals surface area contributed by atoms with E-state index >= 15 is 0 Å². The highest BCUT2D eigenvalue weighted by Gasteiger charge is 2.35. The number of hydrogen-bond donors (Lipinski definition) is 1. The van der Waals surface area contributed by atoms with Gasteiger partial charge in [-0.3, -0.25) is 9.78 Å². The second-order valence-electron chi connectivity index (χ2n) is 6.33. The second kappa shape index (κ2) is 5.82. The first kappa shape index (κ1) is 15.2. The number of amides is 1. The van der Waals surface area contributed by atoms with Crippen molar-refractivity contribution >= 4 is 17.2 Å². The highest BCUT2D eigenvalue weighted by atomic mass is 32.1. The van der Waals surface area contributed by atoms with Gasteiger partial charge in [0.1, 0.15) is 0 Å². The first-order chi connectivity index (χ1) is 10.5. The molecule has 2 N–H and O–H groups in total. The van der Waals surface area contributed by atoms with Gasteiger partial charge in [-0.2, -0.15) is 11.3 Å². The fourth-order valence-corrected chi connectivity index (χ4v) is 3.54. The van der Waals surface area contributed by atoms with Gasteiger partial charge in [-0.15, -0.1) is 0 Å². The number of nitrogens with zero attached hydrogens (tertiary/aromatic N) is 2. The molecule has 1 amide bonds. The Bertz CT molecular complexity index is 683. The lowest BCUT2D eigenvalue weighted by molar-refractivity contribution is 0.0775. The van der Waals surface area contributed by atoms with Crippen molar-refractivity contribution in [3.05, 3.63) is 40.2 Å². The van der Waals surface area contributed by atoms with Crippen LogP contribution in [0.4, 0.5) is 0 Å². The largest absolute Gasteiger partial charge is 0.338 e. The zero-order valence-electron chi connectivity index (χ0n) is 13.0. The highest BCUT2D eigenvalue weighted by Crippen LogP contribution is 2.30. The molecule has 116 valence electrons. The van der Waals surface area contributed by atoms with Crippen LogP contribution in [0.1, 0.15) is 29.4 Å². The molecule has 22 heavy (non-hydrogen) atoms. The summed E-state index contributed by atoms with van der Waals surface area (Å²) in [6.45, 7) is 6.17. The number of likely N-dealkylation sites (tertiary alicyclic amines) is 1. The summed E-state index contributed by atoms with van der Waals surface area (Å²) < 4.78 is 0. The molecule has 1 atom stereocenters. The minimum atomic E-state index is 0.0492. The summed E-state index contributed by atoms with van der Waals surface area (Å²) in [6, 6.07) is 5.87. The minimum absolute atomic E-state index is 0.0492. The first-order valence-corrected chi connectivity index (χ1v) is 8.46. The van der Waals surface area contributed by atoms with E-state index in [1.54, 1.807) is 11.3 Å². The first-order valence-electron chi connectivity index (χ1n) is 7.52. The van der Waals surface area contributed by atoms with Gasteiger partial charge < -0.3 is 10.6 Å². The summed E-state index contributed by atoms with van der Waals surface area (Å²) in [6.07, 6.45) is 0.967. The summed E-state index contributed by atoms with van der Waals surface area (Å²) >= 11 is 1.65. The fraction of sp³-hybridized carbons (Fsp3) is 0.412. The second-order valence-corrected chi connectivity index (χ2v) is 7.11. The van der Waals surface area contributed by atoms with Gasteiger partial charge in [0.05, 0.1) is 17.0 Å². The van der Waals surface area contributed by atoms with Crippen molar-refractivity contribution in [2.45, 2.75) is 20.3 Å². The van der Waals surface area contributed by atoms with Crippen LogP contribution in [0.3, 0.4) is 0 Å². The number of aromatic nitrogens is 1. The van der Waals surface area contributed by atoms with Crippen molar-refractivity contribution in [1.29, 1.82) is 0 Å². The number of thiophene rings is 1. The summed E-state index contributed by atoms with van der Waals surface area (Å²) in [7, 11) is 0. The lowest BCUT2D eigenvalue weighted by Crippen LogP contribution is -2.34. The maximum Gasteiger partial charge on any atom is 0.255 e. The van der Waals surface area contributed by atoms with E-state index in [2.05, 4.69) is 17.3 Å². The van der Waals surface area contributed by atoms with Gasteiger partial charge in [0.25, 0.3) is 5.91 Å². The van der Waals surface area contributed by atoms with Crippen molar-refractivity contribution in [2.24, 2.45) is 11.1 Å². The zero-order chi connectivity index (χ0) is 15.7. The minimum Gasteiger partial charge on any atom is -0.338 e. The Hall–Kier alpha value is -1.72. The Labute approximate surface area is 135 Å². The van der Waals surface area contributed by atoms with Crippen LogP contribution in [0.2, 0.25) is 0 Å². The molecule has 1 aliphatic heterocycles. The molecule has 1 saturated heterocycles. The van der Waals surface area contributed by atoms with Crippen molar-refractivity contribution in [1.82, 2.24) is 9.88 Å². The van der Waals surface area contributed by atoms with Gasteiger partial charge in [0.2, 0.25) is 0 Å². The molecule has 1 fully saturated rings. The summed E-state index contributed by atoms with van der Waals surface area (Å²) in [5, 5.41) is 4.10. The molecule has 0 aliphatic carbocycles. The third kappa shape index (κ3) is 2.78. The Morgan fingerprint density at radius 2 is 2.27 bits per heavy atom. The van der Waals surface area contributed by atoms with Gasteiger partial charge in [0.15, 0.2) is 0 Å². The Kier molecular flexibility index (Phi) is 4.02. The van der Waals surface area contributed by atoms with Crippen LogP contribution in [0, 0.1) is 12.3 Å². The monoisotopic (exact) mass is 315 g/mol. The van der Waals surface area contributed by atoms with Crippen molar-refractivity contribution < 1.29 is 4.79 Å². The third-order valence-electron chi connectivity index (χ3n) is 4.47. The van der Waals surface area contributed by atoms with Gasteiger partial charge in [-0.25, -0.2) is 0 Å². The number of carbonyl (C=O) groups is 1. The number of aryl methyl sites for hydroxylation is 1. The fourth-order valence-electron chi connectivity index (χ4n) is 2.89. The van der Waals surface area contributed by atoms with E-state index in [4.69, 9.17) is 5.73 Å². The van der Waals surface area contributed by atoms with Gasteiger partial charge in [-0.05, 0) is 48.9 Å². The molecule has 0 radical (unpaired) electrons. The molecular weight excluding hydrogens is 294 g/mol. The molecular formula is C17H21N3OS. The van der Waals surface area contributed by atoms with Crippen molar-refractivity contribution in [2.75, 3.05) is 19.6 Å². The van der Waals surface area contributed by atoms with Crippen LogP contribution in [-0.2, 0) is 0 Å². The van der Waals surface area contributed by atoms with E-state index in [9.17, 15) is 4.79 Å². The van der Waals surface area contributed by atoms with E-state index in [0.29, 0.717) is 12.1 Å². The molecule has 4 nitrogen and oxygen atoms in total. The standard InChI is InChI=1S/C17H21N3OS/c1-12-14(3-4-15(19-12)13-5-8-22-9-13)16(21)20-7-6-17(2,10-18)11-20/h3-5,8-9H,6-7,10-11,18H2,1-2H3. The molecule has 0 saturated carbocycles. The summed E-state index contributed by atoms with van der Waals surface area (Å²) in [5.74, 6) is 0.0686. The molecule has 2 aromatic rings. The zero-order valence-corrected chi connectivity index (χ0v) is 13.8. The van der Waals surface area contributed by atoms with Crippen LogP contribution in [0.5, 0.6) is 0 Å². The van der Waals surface area contributed by atoms with Crippen LogP contribution in [-0.4, -0.2) is 35.4 Å². The average molecular weight is 315 g/mol. The lowest BCUT2D eigenvalue weighted by atomic mass is 9.90. The Balaban J connectivity index is 1.82. The molecule has 0 aromatic carbocycles. The predicted octanol–water partition coefficient (Wildman–Crippen LogP) is 2.93. The van der Waals surface area contributed by atoms with Crippen LogP contribution < -0.4 is 5.73 Å². The molecule has 0 spiro atoms. The number of carbonyl (C=O) groups excluding carboxylic acids is 1. The van der Waals surface area contributed by atoms with E-state index in [1.807, 2.05) is 35.4 Å². The van der Waals surface area contributed by atoms with Crippen LogP contribution in [0.25, 0.3) is 11.3 Å². The van der Waals surface area contributed by atoms with Crippen molar-refractivity contribution in [3.8, 4) is 11.3 Å². The van der Waals surface area contributed by atoms with Gasteiger partial charge in [-0.1, -0.05) is 6.92 Å². The van der Waals surface area contributed by atoms with Crippen LogP contribution in [0.15, 0.2) is 29.0 Å². The lowest BCUT2D eigenvalue weighted by Gasteiger charge is -2.23. The number of nitrogens with two attached hydrogens (primary N) is 1. The summed E-state index contributed by atoms with van der Waals surface area (Å²) in [5.41, 5.74) is 9.38. The number of rotatable bonds is 3. The highest BCUT2D eigenvalue weighted by molar-refractivity contribution is 7.08.